The van der Waals surface area contributed by atoms with Crippen molar-refractivity contribution in [3.05, 3.63) is 60.2 Å². The normalized spacial score (nSPS) is 11.3. The van der Waals surface area contributed by atoms with Crippen molar-refractivity contribution >= 4 is 33.6 Å². The average Bonchev–Trinajstić information content (AvgIpc) is 2.96. The molecule has 0 aliphatic heterocycles. The first kappa shape index (κ1) is 12.8. The first-order valence-corrected chi connectivity index (χ1v) is 7.25. The third-order valence-corrected chi connectivity index (χ3v) is 3.77. The highest BCUT2D eigenvalue weighted by Gasteiger charge is 2.16. The number of fused-ring (bicyclic) bond motifs is 5. The summed E-state index contributed by atoms with van der Waals surface area (Å²) in [4.78, 5) is 17.0. The Bertz CT molecular complexity index is 1020. The smallest absolute Gasteiger partial charge is 0.340 e. The summed E-state index contributed by atoms with van der Waals surface area (Å²) in [5, 5.41) is 0.973. The lowest BCUT2D eigenvalue weighted by Gasteiger charge is -2.02. The monoisotopic (exact) mass is 290 g/mol. The van der Waals surface area contributed by atoms with Crippen molar-refractivity contribution in [3.8, 4) is 0 Å². The fraction of sp³-hybridized carbons (Fsp3) is 0.111. The molecule has 0 spiro atoms. The van der Waals surface area contributed by atoms with Gasteiger partial charge in [-0.2, -0.15) is 0 Å². The second-order valence-electron chi connectivity index (χ2n) is 5.09. The Hall–Kier alpha value is -2.88. The van der Waals surface area contributed by atoms with Crippen LogP contribution < -0.4 is 0 Å². The van der Waals surface area contributed by atoms with Crippen molar-refractivity contribution in [2.45, 2.75) is 6.92 Å². The van der Waals surface area contributed by atoms with Crippen LogP contribution in [-0.4, -0.2) is 22.0 Å². The van der Waals surface area contributed by atoms with Gasteiger partial charge in [0.2, 0.25) is 0 Å². The molecule has 4 rings (SSSR count). The van der Waals surface area contributed by atoms with Crippen LogP contribution in [0.3, 0.4) is 0 Å². The van der Waals surface area contributed by atoms with Crippen LogP contribution >= 0.6 is 0 Å². The Morgan fingerprint density at radius 2 is 1.91 bits per heavy atom. The van der Waals surface area contributed by atoms with Crippen molar-refractivity contribution in [3.63, 3.8) is 0 Å². The molecule has 0 N–H and O–H groups in total. The number of hydrogen-bond donors (Lipinski definition) is 0. The fourth-order valence-electron chi connectivity index (χ4n) is 2.88. The maximum absolute atomic E-state index is 12.3. The maximum Gasteiger partial charge on any atom is 0.340 e. The molecule has 2 aromatic heterocycles. The van der Waals surface area contributed by atoms with Crippen molar-refractivity contribution in [1.82, 2.24) is 9.38 Å². The molecule has 0 saturated heterocycles. The second kappa shape index (κ2) is 4.84. The molecule has 4 heteroatoms. The molecule has 0 amide bonds. The number of nitrogens with zero attached hydrogens (tertiary/aromatic N) is 2. The number of ether oxygens (including phenoxy) is 1. The van der Waals surface area contributed by atoms with Gasteiger partial charge in [0, 0.05) is 5.39 Å². The van der Waals surface area contributed by atoms with Gasteiger partial charge in [0.25, 0.3) is 0 Å². The lowest BCUT2D eigenvalue weighted by molar-refractivity contribution is 0.0528. The first-order chi connectivity index (χ1) is 10.8. The molecule has 0 fully saturated rings. The number of imidazole rings is 1. The third kappa shape index (κ3) is 1.77. The second-order valence-corrected chi connectivity index (χ2v) is 5.09. The zero-order valence-corrected chi connectivity index (χ0v) is 12.1. The van der Waals surface area contributed by atoms with Gasteiger partial charge in [0.15, 0.2) is 0 Å². The molecule has 0 bridgehead atoms. The summed E-state index contributed by atoms with van der Waals surface area (Å²) in [6.45, 7) is 2.17. The van der Waals surface area contributed by atoms with Gasteiger partial charge in [-0.1, -0.05) is 30.3 Å². The van der Waals surface area contributed by atoms with Gasteiger partial charge in [-0.25, -0.2) is 9.78 Å². The lowest BCUT2D eigenvalue weighted by atomic mass is 10.2. The summed E-state index contributed by atoms with van der Waals surface area (Å²) >= 11 is 0. The highest BCUT2D eigenvalue weighted by Crippen LogP contribution is 2.27. The quantitative estimate of drug-likeness (QED) is 0.527. The summed E-state index contributed by atoms with van der Waals surface area (Å²) < 4.78 is 7.24. The largest absolute Gasteiger partial charge is 0.462 e. The maximum atomic E-state index is 12.3. The topological polar surface area (TPSA) is 43.6 Å². The van der Waals surface area contributed by atoms with Crippen molar-refractivity contribution in [1.29, 1.82) is 0 Å². The van der Waals surface area contributed by atoms with Crippen LogP contribution in [-0.2, 0) is 4.74 Å². The van der Waals surface area contributed by atoms with E-state index in [-0.39, 0.29) is 5.97 Å². The predicted molar refractivity (Wildman–Crippen MR) is 86.2 cm³/mol. The summed E-state index contributed by atoms with van der Waals surface area (Å²) in [6.07, 6.45) is 0. The van der Waals surface area contributed by atoms with Crippen LogP contribution in [0.1, 0.15) is 17.3 Å². The number of para-hydroxylation sites is 2. The molecule has 0 unspecified atom stereocenters. The van der Waals surface area contributed by atoms with E-state index in [1.165, 1.54) is 0 Å². The van der Waals surface area contributed by atoms with Crippen molar-refractivity contribution in [2.75, 3.05) is 6.61 Å². The lowest BCUT2D eigenvalue weighted by Crippen LogP contribution is -2.05. The minimum atomic E-state index is -0.311. The summed E-state index contributed by atoms with van der Waals surface area (Å²) in [6, 6.07) is 17.5. The zero-order valence-electron chi connectivity index (χ0n) is 12.1. The van der Waals surface area contributed by atoms with E-state index in [2.05, 4.69) is 4.98 Å². The van der Waals surface area contributed by atoms with Crippen LogP contribution in [0.5, 0.6) is 0 Å². The van der Waals surface area contributed by atoms with Crippen LogP contribution in [0.4, 0.5) is 0 Å². The van der Waals surface area contributed by atoms with Crippen molar-refractivity contribution in [2.24, 2.45) is 0 Å². The van der Waals surface area contributed by atoms with E-state index in [0.29, 0.717) is 12.2 Å². The molecule has 2 aromatic carbocycles. The molecule has 2 heterocycles. The number of esters is 1. The Morgan fingerprint density at radius 1 is 1.14 bits per heavy atom. The predicted octanol–water partition coefficient (Wildman–Crippen LogP) is 3.82. The standard InChI is InChI=1S/C18H14N2O2/c1-2-22-18(21)13-8-4-3-7-12-11-16-19-14-9-5-6-10-15(14)20(16)17(12)13/h3-11H,2H2,1H3. The van der Waals surface area contributed by atoms with E-state index in [4.69, 9.17) is 4.74 Å². The molecule has 0 radical (unpaired) electrons. The van der Waals surface area contributed by atoms with Gasteiger partial charge in [0.1, 0.15) is 5.65 Å². The molecular formula is C18H14N2O2. The van der Waals surface area contributed by atoms with E-state index in [1.807, 2.05) is 59.9 Å². The highest BCUT2D eigenvalue weighted by atomic mass is 16.5. The minimum Gasteiger partial charge on any atom is -0.462 e. The van der Waals surface area contributed by atoms with Gasteiger partial charge in [-0.05, 0) is 31.2 Å². The summed E-state index contributed by atoms with van der Waals surface area (Å²) in [5.41, 5.74) is 4.14. The first-order valence-electron chi connectivity index (χ1n) is 7.25. The molecule has 0 atom stereocenters. The Balaban J connectivity index is 2.19. The summed E-state index contributed by atoms with van der Waals surface area (Å²) in [7, 11) is 0. The van der Waals surface area contributed by atoms with Crippen molar-refractivity contribution < 1.29 is 9.53 Å². The molecule has 0 aliphatic carbocycles. The van der Waals surface area contributed by atoms with Gasteiger partial charge < -0.3 is 4.74 Å². The van der Waals surface area contributed by atoms with E-state index in [1.54, 1.807) is 6.07 Å². The van der Waals surface area contributed by atoms with Gasteiger partial charge in [-0.15, -0.1) is 0 Å². The van der Waals surface area contributed by atoms with E-state index < -0.39 is 0 Å². The minimum absolute atomic E-state index is 0.311. The van der Waals surface area contributed by atoms with Crippen LogP contribution in [0.2, 0.25) is 0 Å². The summed E-state index contributed by atoms with van der Waals surface area (Å²) in [5.74, 6) is -0.311. The highest BCUT2D eigenvalue weighted by molar-refractivity contribution is 6.06. The zero-order chi connectivity index (χ0) is 15.1. The molecule has 0 saturated carbocycles. The van der Waals surface area contributed by atoms with E-state index >= 15 is 0 Å². The van der Waals surface area contributed by atoms with Gasteiger partial charge >= 0.3 is 5.97 Å². The van der Waals surface area contributed by atoms with E-state index in [0.717, 1.165) is 27.6 Å². The molecular weight excluding hydrogens is 276 g/mol. The number of carbonyl (C=O) groups excluding carboxylic acids is 1. The number of carbonyl (C=O) groups is 1. The van der Waals surface area contributed by atoms with Gasteiger partial charge in [0.05, 0.1) is 28.7 Å². The van der Waals surface area contributed by atoms with Crippen LogP contribution in [0.25, 0.3) is 27.6 Å². The fourth-order valence-corrected chi connectivity index (χ4v) is 2.88. The Kier molecular flexibility index (Phi) is 2.82. The average molecular weight is 290 g/mol. The molecule has 0 aliphatic rings. The molecule has 4 nitrogen and oxygen atoms in total. The van der Waals surface area contributed by atoms with Crippen LogP contribution in [0.15, 0.2) is 54.6 Å². The van der Waals surface area contributed by atoms with E-state index in [9.17, 15) is 4.79 Å². The third-order valence-electron chi connectivity index (χ3n) is 3.77. The molecule has 22 heavy (non-hydrogen) atoms. The number of benzene rings is 1. The number of rotatable bonds is 2. The molecule has 108 valence electrons. The van der Waals surface area contributed by atoms with Gasteiger partial charge in [-0.3, -0.25) is 4.40 Å². The Morgan fingerprint density at radius 3 is 2.77 bits per heavy atom. The van der Waals surface area contributed by atoms with Crippen LogP contribution in [0, 0.1) is 0 Å². The Labute approximate surface area is 127 Å². The number of hydrogen-bond acceptors (Lipinski definition) is 3. The number of aromatic nitrogens is 2. The SMILES string of the molecule is CCOC(=O)c1ccccc2cc3nc4ccccc4n3c12. The molecule has 4 aromatic rings.